The number of anilines is 1. The number of aryl methyl sites for hydroxylation is 1. The van der Waals surface area contributed by atoms with Gasteiger partial charge in [-0.3, -0.25) is 9.67 Å². The van der Waals surface area contributed by atoms with Crippen LogP contribution in [0.4, 0.5) is 5.69 Å². The van der Waals surface area contributed by atoms with Gasteiger partial charge in [0, 0.05) is 49.6 Å². The van der Waals surface area contributed by atoms with Crippen LogP contribution in [0.3, 0.4) is 0 Å². The minimum atomic E-state index is 0.731. The summed E-state index contributed by atoms with van der Waals surface area (Å²) in [7, 11) is 1.91. The number of fused-ring (bicyclic) bond motifs is 1. The Bertz CT molecular complexity index is 764. The van der Waals surface area contributed by atoms with Gasteiger partial charge < -0.3 is 5.32 Å². The molecular formula is C17H19N5. The second-order valence-corrected chi connectivity index (χ2v) is 5.54. The van der Waals surface area contributed by atoms with E-state index < -0.39 is 0 Å². The molecule has 1 aliphatic carbocycles. The smallest absolute Gasteiger partial charge is 0.0996 e. The third-order valence-corrected chi connectivity index (χ3v) is 3.75. The maximum absolute atomic E-state index is 9.29. The van der Waals surface area contributed by atoms with Crippen molar-refractivity contribution in [1.29, 1.82) is 5.26 Å². The summed E-state index contributed by atoms with van der Waals surface area (Å²) in [5, 5.41) is 16.9. The summed E-state index contributed by atoms with van der Waals surface area (Å²) < 4.78 is 1.80. The fourth-order valence-electron chi connectivity index (χ4n) is 2.77. The van der Waals surface area contributed by atoms with Crippen molar-refractivity contribution in [2.45, 2.75) is 26.2 Å². The lowest BCUT2D eigenvalue weighted by molar-refractivity contribution is 0.767. The molecule has 2 aromatic heterocycles. The van der Waals surface area contributed by atoms with E-state index in [9.17, 15) is 5.26 Å². The number of nitriles is 1. The van der Waals surface area contributed by atoms with Crippen molar-refractivity contribution in [2.24, 2.45) is 7.05 Å². The van der Waals surface area contributed by atoms with E-state index in [0.717, 1.165) is 59.6 Å². The Morgan fingerprint density at radius 1 is 1.45 bits per heavy atom. The van der Waals surface area contributed by atoms with Gasteiger partial charge in [0.15, 0.2) is 0 Å². The normalized spacial score (nSPS) is 12.7. The van der Waals surface area contributed by atoms with E-state index in [2.05, 4.69) is 29.5 Å². The molecule has 1 N–H and O–H groups in total. The Morgan fingerprint density at radius 3 is 3.00 bits per heavy atom. The first kappa shape index (κ1) is 14.3. The van der Waals surface area contributed by atoms with Crippen molar-refractivity contribution in [2.75, 3.05) is 11.9 Å². The molecular weight excluding hydrogens is 274 g/mol. The molecule has 0 saturated heterocycles. The SMILES string of the molecule is CCCNc1cc(Cc2cnn(C)c2)nc2c1C(C#N)=CC2. The predicted molar refractivity (Wildman–Crippen MR) is 86.3 cm³/mol. The van der Waals surface area contributed by atoms with Crippen LogP contribution in [0.15, 0.2) is 24.5 Å². The molecule has 0 spiro atoms. The topological polar surface area (TPSA) is 66.5 Å². The van der Waals surface area contributed by atoms with Crippen LogP contribution >= 0.6 is 0 Å². The molecule has 22 heavy (non-hydrogen) atoms. The molecule has 0 bridgehead atoms. The average Bonchev–Trinajstić information content (AvgIpc) is 3.10. The van der Waals surface area contributed by atoms with Gasteiger partial charge in [-0.25, -0.2) is 0 Å². The van der Waals surface area contributed by atoms with Gasteiger partial charge in [0.25, 0.3) is 0 Å². The molecule has 5 nitrogen and oxygen atoms in total. The summed E-state index contributed by atoms with van der Waals surface area (Å²) >= 11 is 0. The summed E-state index contributed by atoms with van der Waals surface area (Å²) in [5.74, 6) is 0. The minimum absolute atomic E-state index is 0.731. The van der Waals surface area contributed by atoms with Crippen molar-refractivity contribution in [3.63, 3.8) is 0 Å². The lowest BCUT2D eigenvalue weighted by Crippen LogP contribution is -2.06. The Labute approximate surface area is 130 Å². The quantitative estimate of drug-likeness (QED) is 0.920. The Hall–Kier alpha value is -2.61. The molecule has 2 aromatic rings. The number of nitrogens with zero attached hydrogens (tertiary/aromatic N) is 4. The molecule has 0 saturated carbocycles. The summed E-state index contributed by atoms with van der Waals surface area (Å²) in [6.45, 7) is 3.02. The molecule has 0 radical (unpaired) electrons. The third-order valence-electron chi connectivity index (χ3n) is 3.75. The van der Waals surface area contributed by atoms with Crippen LogP contribution in [0.25, 0.3) is 5.57 Å². The highest BCUT2D eigenvalue weighted by atomic mass is 15.2. The summed E-state index contributed by atoms with van der Waals surface area (Å²) in [4.78, 5) is 4.74. The monoisotopic (exact) mass is 293 g/mol. The van der Waals surface area contributed by atoms with Crippen LogP contribution in [-0.4, -0.2) is 21.3 Å². The van der Waals surface area contributed by atoms with E-state index in [0.29, 0.717) is 0 Å². The van der Waals surface area contributed by atoms with E-state index in [1.807, 2.05) is 25.5 Å². The number of rotatable bonds is 5. The fraction of sp³-hybridized carbons (Fsp3) is 0.353. The third kappa shape index (κ3) is 2.73. The van der Waals surface area contributed by atoms with E-state index >= 15 is 0 Å². The van der Waals surface area contributed by atoms with Gasteiger partial charge in [0.05, 0.1) is 23.5 Å². The molecule has 0 aromatic carbocycles. The highest BCUT2D eigenvalue weighted by Crippen LogP contribution is 2.33. The Morgan fingerprint density at radius 2 is 2.32 bits per heavy atom. The number of hydrogen-bond donors (Lipinski definition) is 1. The Kier molecular flexibility index (Phi) is 3.92. The summed E-state index contributed by atoms with van der Waals surface area (Å²) in [6, 6.07) is 4.34. The van der Waals surface area contributed by atoms with E-state index in [4.69, 9.17) is 4.98 Å². The molecule has 2 heterocycles. The van der Waals surface area contributed by atoms with Crippen LogP contribution in [0.1, 0.15) is 35.9 Å². The highest BCUT2D eigenvalue weighted by molar-refractivity contribution is 5.88. The fourth-order valence-corrected chi connectivity index (χ4v) is 2.77. The molecule has 0 unspecified atom stereocenters. The molecule has 112 valence electrons. The van der Waals surface area contributed by atoms with Crippen LogP contribution < -0.4 is 5.32 Å². The first-order valence-corrected chi connectivity index (χ1v) is 7.56. The lowest BCUT2D eigenvalue weighted by atomic mass is 10.1. The molecule has 0 fully saturated rings. The van der Waals surface area contributed by atoms with Gasteiger partial charge in [-0.05, 0) is 18.1 Å². The van der Waals surface area contributed by atoms with E-state index in [1.165, 1.54) is 0 Å². The first-order chi connectivity index (χ1) is 10.7. The van der Waals surface area contributed by atoms with Gasteiger partial charge in [0.2, 0.25) is 0 Å². The number of hydrogen-bond acceptors (Lipinski definition) is 4. The molecule has 0 amide bonds. The van der Waals surface area contributed by atoms with Crippen molar-refractivity contribution in [3.8, 4) is 6.07 Å². The maximum Gasteiger partial charge on any atom is 0.0996 e. The highest BCUT2D eigenvalue weighted by Gasteiger charge is 2.20. The average molecular weight is 293 g/mol. The van der Waals surface area contributed by atoms with E-state index in [1.54, 1.807) is 4.68 Å². The van der Waals surface area contributed by atoms with E-state index in [-0.39, 0.29) is 0 Å². The molecule has 1 aliphatic rings. The largest absolute Gasteiger partial charge is 0.384 e. The zero-order valence-electron chi connectivity index (χ0n) is 12.9. The lowest BCUT2D eigenvalue weighted by Gasteiger charge is -2.13. The van der Waals surface area contributed by atoms with Crippen LogP contribution in [-0.2, 0) is 19.9 Å². The van der Waals surface area contributed by atoms with Gasteiger partial charge in [0.1, 0.15) is 0 Å². The Balaban J connectivity index is 1.95. The van der Waals surface area contributed by atoms with Crippen LogP contribution in [0.2, 0.25) is 0 Å². The van der Waals surface area contributed by atoms with Crippen molar-refractivity contribution >= 4 is 11.3 Å². The maximum atomic E-state index is 9.29. The van der Waals surface area contributed by atoms with Crippen molar-refractivity contribution in [3.05, 3.63) is 47.1 Å². The first-order valence-electron chi connectivity index (χ1n) is 7.56. The van der Waals surface area contributed by atoms with Crippen LogP contribution in [0.5, 0.6) is 0 Å². The minimum Gasteiger partial charge on any atom is -0.384 e. The number of allylic oxidation sites excluding steroid dienone is 2. The van der Waals surface area contributed by atoms with Crippen LogP contribution in [0, 0.1) is 11.3 Å². The number of pyridine rings is 1. The summed E-state index contributed by atoms with van der Waals surface area (Å²) in [6.07, 6.45) is 8.37. The van der Waals surface area contributed by atoms with Crippen molar-refractivity contribution < 1.29 is 0 Å². The summed E-state index contributed by atoms with van der Waals surface area (Å²) in [5.41, 5.74) is 5.88. The number of nitrogens with one attached hydrogen (secondary N) is 1. The second-order valence-electron chi connectivity index (χ2n) is 5.54. The van der Waals surface area contributed by atoms with Gasteiger partial charge in [-0.15, -0.1) is 0 Å². The van der Waals surface area contributed by atoms with Gasteiger partial charge in [-0.1, -0.05) is 13.0 Å². The molecule has 0 aliphatic heterocycles. The number of aromatic nitrogens is 3. The second kappa shape index (κ2) is 6.02. The predicted octanol–water partition coefficient (Wildman–Crippen LogP) is 2.69. The molecule has 5 heteroatoms. The van der Waals surface area contributed by atoms with Gasteiger partial charge >= 0.3 is 0 Å². The molecule has 0 atom stereocenters. The standard InChI is InChI=1S/C17H19N5/c1-3-6-19-16-8-14(7-12-10-20-22(2)11-12)21-15-5-4-13(9-18)17(15)16/h4,8,10-11H,3,5-7H2,1-2H3,(H,19,21). The molecule has 3 rings (SSSR count). The van der Waals surface area contributed by atoms with Crippen molar-refractivity contribution in [1.82, 2.24) is 14.8 Å². The van der Waals surface area contributed by atoms with Gasteiger partial charge in [-0.2, -0.15) is 10.4 Å². The zero-order valence-corrected chi connectivity index (χ0v) is 12.9. The zero-order chi connectivity index (χ0) is 15.5.